The van der Waals surface area contributed by atoms with Gasteiger partial charge in [0.05, 0.1) is 3.79 Å². The van der Waals surface area contributed by atoms with Crippen LogP contribution in [0.1, 0.15) is 4.88 Å². The summed E-state index contributed by atoms with van der Waals surface area (Å²) in [6.45, 7) is 0.834. The lowest BCUT2D eigenvalue weighted by Crippen LogP contribution is -2.05. The standard InChI is InChI=1S/C10H9BrClN3S/c11-8-2-1-7(16-8)3-5-13-9-4-6-14-10(12)15-9/h1-2,4,6H,3,5H2,(H,13,14,15). The normalized spacial score (nSPS) is 10.4. The first-order valence-electron chi connectivity index (χ1n) is 4.71. The SMILES string of the molecule is Clc1nccc(NCCc2ccc(Br)s2)n1. The first-order valence-corrected chi connectivity index (χ1v) is 6.69. The molecule has 0 fully saturated rings. The highest BCUT2D eigenvalue weighted by Crippen LogP contribution is 2.22. The second kappa shape index (κ2) is 5.61. The fourth-order valence-corrected chi connectivity index (χ4v) is 2.86. The van der Waals surface area contributed by atoms with Crippen molar-refractivity contribution in [3.8, 4) is 0 Å². The van der Waals surface area contributed by atoms with E-state index in [0.717, 1.165) is 22.6 Å². The minimum absolute atomic E-state index is 0.267. The summed E-state index contributed by atoms with van der Waals surface area (Å²) >= 11 is 10.9. The van der Waals surface area contributed by atoms with Crippen LogP contribution in [0.5, 0.6) is 0 Å². The molecule has 6 heteroatoms. The molecule has 0 amide bonds. The number of rotatable bonds is 4. The van der Waals surface area contributed by atoms with Crippen LogP contribution in [-0.4, -0.2) is 16.5 Å². The summed E-state index contributed by atoms with van der Waals surface area (Å²) < 4.78 is 1.16. The highest BCUT2D eigenvalue weighted by atomic mass is 79.9. The summed E-state index contributed by atoms with van der Waals surface area (Å²) in [5.74, 6) is 0.760. The van der Waals surface area contributed by atoms with E-state index in [-0.39, 0.29) is 5.28 Å². The Bertz CT molecular complexity index is 475. The summed E-state index contributed by atoms with van der Waals surface area (Å²) in [6, 6.07) is 5.97. The zero-order chi connectivity index (χ0) is 11.4. The Kier molecular flexibility index (Phi) is 4.15. The number of aromatic nitrogens is 2. The van der Waals surface area contributed by atoms with E-state index >= 15 is 0 Å². The number of nitrogens with zero attached hydrogens (tertiary/aromatic N) is 2. The Morgan fingerprint density at radius 3 is 2.94 bits per heavy atom. The minimum atomic E-state index is 0.267. The Hall–Kier alpha value is -0.650. The molecule has 0 aliphatic rings. The Labute approximate surface area is 111 Å². The molecule has 2 aromatic rings. The molecular formula is C10H9BrClN3S. The van der Waals surface area contributed by atoms with Crippen LogP contribution in [0.15, 0.2) is 28.2 Å². The molecule has 0 saturated carbocycles. The van der Waals surface area contributed by atoms with E-state index < -0.39 is 0 Å². The van der Waals surface area contributed by atoms with Crippen LogP contribution in [0.2, 0.25) is 5.28 Å². The third-order valence-corrected chi connectivity index (χ3v) is 3.80. The smallest absolute Gasteiger partial charge is 0.224 e. The number of anilines is 1. The highest BCUT2D eigenvalue weighted by molar-refractivity contribution is 9.11. The van der Waals surface area contributed by atoms with Crippen molar-refractivity contribution in [3.63, 3.8) is 0 Å². The topological polar surface area (TPSA) is 37.8 Å². The lowest BCUT2D eigenvalue weighted by atomic mass is 10.3. The molecule has 2 rings (SSSR count). The molecule has 0 aliphatic carbocycles. The molecule has 3 nitrogen and oxygen atoms in total. The van der Waals surface area contributed by atoms with E-state index in [9.17, 15) is 0 Å². The van der Waals surface area contributed by atoms with E-state index in [1.54, 1.807) is 23.6 Å². The van der Waals surface area contributed by atoms with Gasteiger partial charge in [-0.2, -0.15) is 0 Å². The van der Waals surface area contributed by atoms with Crippen LogP contribution in [-0.2, 0) is 6.42 Å². The predicted octanol–water partition coefficient (Wildman–Crippen LogP) is 3.61. The van der Waals surface area contributed by atoms with Gasteiger partial charge in [0.25, 0.3) is 0 Å². The molecule has 0 aromatic carbocycles. The maximum Gasteiger partial charge on any atom is 0.224 e. The van der Waals surface area contributed by atoms with Gasteiger partial charge in [-0.05, 0) is 52.2 Å². The van der Waals surface area contributed by atoms with E-state index in [4.69, 9.17) is 11.6 Å². The Morgan fingerprint density at radius 2 is 2.25 bits per heavy atom. The van der Waals surface area contributed by atoms with Crippen molar-refractivity contribution in [3.05, 3.63) is 38.3 Å². The van der Waals surface area contributed by atoms with Gasteiger partial charge < -0.3 is 5.32 Å². The molecule has 0 aliphatic heterocycles. The second-order valence-corrected chi connectivity index (χ2v) is 5.98. The van der Waals surface area contributed by atoms with Crippen LogP contribution in [0, 0.1) is 0 Å². The number of thiophene rings is 1. The lowest BCUT2D eigenvalue weighted by molar-refractivity contribution is 1.02. The number of hydrogen-bond donors (Lipinski definition) is 1. The van der Waals surface area contributed by atoms with Gasteiger partial charge in [-0.3, -0.25) is 0 Å². The summed E-state index contributed by atoms with van der Waals surface area (Å²) in [5, 5.41) is 3.47. The summed E-state index contributed by atoms with van der Waals surface area (Å²) in [4.78, 5) is 9.20. The Balaban J connectivity index is 1.84. The average molecular weight is 319 g/mol. The van der Waals surface area contributed by atoms with Gasteiger partial charge >= 0.3 is 0 Å². The molecule has 0 atom stereocenters. The number of halogens is 2. The van der Waals surface area contributed by atoms with Gasteiger partial charge in [-0.15, -0.1) is 11.3 Å². The van der Waals surface area contributed by atoms with Crippen molar-refractivity contribution in [2.45, 2.75) is 6.42 Å². The zero-order valence-electron chi connectivity index (χ0n) is 8.28. The van der Waals surface area contributed by atoms with Gasteiger partial charge in [-0.1, -0.05) is 0 Å². The van der Waals surface area contributed by atoms with E-state index in [0.29, 0.717) is 0 Å². The van der Waals surface area contributed by atoms with E-state index in [1.165, 1.54) is 4.88 Å². The van der Waals surface area contributed by atoms with Crippen molar-refractivity contribution in [1.29, 1.82) is 0 Å². The van der Waals surface area contributed by atoms with E-state index in [2.05, 4.69) is 43.3 Å². The number of nitrogens with one attached hydrogen (secondary N) is 1. The summed E-state index contributed by atoms with van der Waals surface area (Å²) in [6.07, 6.45) is 2.61. The summed E-state index contributed by atoms with van der Waals surface area (Å²) in [7, 11) is 0. The first kappa shape index (κ1) is 11.8. The van der Waals surface area contributed by atoms with Gasteiger partial charge in [0, 0.05) is 17.6 Å². The van der Waals surface area contributed by atoms with Crippen LogP contribution < -0.4 is 5.32 Å². The van der Waals surface area contributed by atoms with Crippen molar-refractivity contribution in [2.24, 2.45) is 0 Å². The van der Waals surface area contributed by atoms with Crippen molar-refractivity contribution in [1.82, 2.24) is 9.97 Å². The van der Waals surface area contributed by atoms with Crippen LogP contribution in [0.4, 0.5) is 5.82 Å². The van der Waals surface area contributed by atoms with Crippen molar-refractivity contribution < 1.29 is 0 Å². The average Bonchev–Trinajstić information content (AvgIpc) is 2.64. The molecule has 0 saturated heterocycles. The quantitative estimate of drug-likeness (QED) is 0.875. The largest absolute Gasteiger partial charge is 0.370 e. The molecule has 0 radical (unpaired) electrons. The molecule has 1 N–H and O–H groups in total. The zero-order valence-corrected chi connectivity index (χ0v) is 11.4. The highest BCUT2D eigenvalue weighted by Gasteiger charge is 1.99. The van der Waals surface area contributed by atoms with Crippen LogP contribution in [0.25, 0.3) is 0 Å². The third-order valence-electron chi connectivity index (χ3n) is 1.93. The predicted molar refractivity (Wildman–Crippen MR) is 71.3 cm³/mol. The van der Waals surface area contributed by atoms with Crippen molar-refractivity contribution in [2.75, 3.05) is 11.9 Å². The molecule has 0 spiro atoms. The molecule has 2 heterocycles. The first-order chi connectivity index (χ1) is 7.74. The van der Waals surface area contributed by atoms with Crippen molar-refractivity contribution >= 4 is 44.7 Å². The maximum absolute atomic E-state index is 5.68. The molecule has 16 heavy (non-hydrogen) atoms. The lowest BCUT2D eigenvalue weighted by Gasteiger charge is -2.03. The molecule has 84 valence electrons. The maximum atomic E-state index is 5.68. The van der Waals surface area contributed by atoms with Gasteiger partial charge in [0.15, 0.2) is 0 Å². The van der Waals surface area contributed by atoms with Gasteiger partial charge in [0.1, 0.15) is 5.82 Å². The minimum Gasteiger partial charge on any atom is -0.370 e. The number of hydrogen-bond acceptors (Lipinski definition) is 4. The van der Waals surface area contributed by atoms with E-state index in [1.807, 2.05) is 0 Å². The van der Waals surface area contributed by atoms with Crippen LogP contribution >= 0.6 is 38.9 Å². The van der Waals surface area contributed by atoms with Crippen LogP contribution in [0.3, 0.4) is 0 Å². The molecule has 0 unspecified atom stereocenters. The summed E-state index contributed by atoms with van der Waals surface area (Å²) in [5.41, 5.74) is 0. The second-order valence-electron chi connectivity index (χ2n) is 3.09. The third kappa shape index (κ3) is 3.43. The Morgan fingerprint density at radius 1 is 1.38 bits per heavy atom. The monoisotopic (exact) mass is 317 g/mol. The fraction of sp³-hybridized carbons (Fsp3) is 0.200. The molecular weight excluding hydrogens is 310 g/mol. The molecule has 2 aromatic heterocycles. The van der Waals surface area contributed by atoms with Gasteiger partial charge in [-0.25, -0.2) is 9.97 Å². The van der Waals surface area contributed by atoms with Gasteiger partial charge in [0.2, 0.25) is 5.28 Å². The fourth-order valence-electron chi connectivity index (χ4n) is 1.23. The molecule has 0 bridgehead atoms.